The van der Waals surface area contributed by atoms with Crippen LogP contribution in [0.25, 0.3) is 0 Å². The summed E-state index contributed by atoms with van der Waals surface area (Å²) in [6.45, 7) is 9.82. The third-order valence-electron chi connectivity index (χ3n) is 4.17. The Morgan fingerprint density at radius 3 is 1.30 bits per heavy atom. The van der Waals surface area contributed by atoms with E-state index in [1.807, 2.05) is 27.7 Å². The van der Waals surface area contributed by atoms with Crippen LogP contribution in [0.2, 0.25) is 10.6 Å². The normalized spacial score (nSPS) is 14.2. The van der Waals surface area contributed by atoms with Crippen LogP contribution < -0.4 is 0 Å². The summed E-state index contributed by atoms with van der Waals surface area (Å²) < 4.78 is 23.9. The predicted molar refractivity (Wildman–Crippen MR) is 117 cm³/mol. The minimum absolute atomic E-state index is 0.0433. The van der Waals surface area contributed by atoms with Crippen molar-refractivity contribution in [2.45, 2.75) is 50.9 Å². The van der Waals surface area contributed by atoms with Gasteiger partial charge in [-0.3, -0.25) is 0 Å². The Balaban J connectivity index is 2.29. The van der Waals surface area contributed by atoms with Gasteiger partial charge in [-0.25, -0.2) is 0 Å². The monoisotopic (exact) mass is 550 g/mol. The Morgan fingerprint density at radius 1 is 0.667 bits per heavy atom. The molecule has 8 heteroatoms. The second-order valence-electron chi connectivity index (χ2n) is 6.16. The van der Waals surface area contributed by atoms with Crippen LogP contribution in [-0.4, -0.2) is 80.5 Å². The molecular weight excluding hydrogens is 518 g/mol. The first-order valence-corrected chi connectivity index (χ1v) is 14.3. The molecule has 0 aliphatic heterocycles. The van der Waals surface area contributed by atoms with E-state index in [1.165, 1.54) is 0 Å². The summed E-state index contributed by atoms with van der Waals surface area (Å²) in [4.78, 5) is 26.5. The molecule has 0 saturated heterocycles. The van der Waals surface area contributed by atoms with E-state index in [4.69, 9.17) is 18.9 Å². The van der Waals surface area contributed by atoms with Gasteiger partial charge in [0.1, 0.15) is 0 Å². The number of hydrogen-bond acceptors (Lipinski definition) is 6. The average Bonchev–Trinajstić information content (AvgIpc) is 2.75. The second-order valence-corrected chi connectivity index (χ2v) is 10.5. The van der Waals surface area contributed by atoms with Gasteiger partial charge in [0.2, 0.25) is 0 Å². The topological polar surface area (TPSA) is 71.1 Å². The molecule has 0 atom stereocenters. The van der Waals surface area contributed by atoms with Crippen molar-refractivity contribution in [3.8, 4) is 0 Å². The number of rotatable bonds is 14. The van der Waals surface area contributed by atoms with E-state index in [0.29, 0.717) is 57.1 Å². The SMILES string of the molecule is CCOC(C[Se]C1=C([Se]CC(OCC)OCC)C(=O)c2ccccc2C1=O)OCC. The molecule has 30 heavy (non-hydrogen) atoms. The fourth-order valence-corrected chi connectivity index (χ4v) is 8.24. The van der Waals surface area contributed by atoms with Gasteiger partial charge in [-0.15, -0.1) is 0 Å². The zero-order valence-electron chi connectivity index (χ0n) is 18.0. The summed E-state index contributed by atoms with van der Waals surface area (Å²) in [5.41, 5.74) is 0.990. The summed E-state index contributed by atoms with van der Waals surface area (Å²) in [5, 5.41) is 1.18. The molecule has 0 bridgehead atoms. The van der Waals surface area contributed by atoms with Crippen LogP contribution in [0.1, 0.15) is 48.4 Å². The molecule has 0 N–H and O–H groups in total. The minimum atomic E-state index is -0.360. The molecule has 0 fully saturated rings. The molecule has 0 spiro atoms. The van der Waals surface area contributed by atoms with Crippen molar-refractivity contribution in [1.82, 2.24) is 0 Å². The molecule has 0 radical (unpaired) electrons. The number of carbonyl (C=O) groups excluding carboxylic acids is 2. The van der Waals surface area contributed by atoms with E-state index >= 15 is 0 Å². The fraction of sp³-hybridized carbons (Fsp3) is 0.545. The molecule has 1 aliphatic rings. The van der Waals surface area contributed by atoms with Crippen LogP contribution in [0, 0.1) is 0 Å². The summed E-state index contributed by atoms with van der Waals surface area (Å²) in [5.74, 6) is -0.0867. The molecule has 0 aromatic heterocycles. The predicted octanol–water partition coefficient (Wildman–Crippen LogP) is 3.32. The van der Waals surface area contributed by atoms with Crippen molar-refractivity contribution < 1.29 is 28.5 Å². The Morgan fingerprint density at radius 2 is 1.00 bits per heavy atom. The van der Waals surface area contributed by atoms with Crippen LogP contribution in [-0.2, 0) is 18.9 Å². The zero-order chi connectivity index (χ0) is 21.9. The molecule has 166 valence electrons. The molecule has 0 heterocycles. The first-order valence-electron chi connectivity index (χ1n) is 10.2. The number of ketones is 2. The Hall–Kier alpha value is -0.821. The number of allylic oxidation sites excluding steroid dienone is 2. The van der Waals surface area contributed by atoms with Gasteiger partial charge in [-0.05, 0) is 0 Å². The molecule has 6 nitrogen and oxygen atoms in total. The number of hydrogen-bond donors (Lipinski definition) is 0. The Kier molecular flexibility index (Phi) is 11.5. The van der Waals surface area contributed by atoms with E-state index in [1.54, 1.807) is 24.3 Å². The standard InChI is InChI=1S/C22H30O6Se2/c1-5-25-17(26-6-2)13-29-21-19(23)15-11-9-10-12-16(15)20(24)22(21)30-14-18(27-7-3)28-8-4/h9-12,17-18H,5-8,13-14H2,1-4H3. The van der Waals surface area contributed by atoms with Crippen molar-refractivity contribution in [3.05, 3.63) is 44.3 Å². The van der Waals surface area contributed by atoms with E-state index in [9.17, 15) is 9.59 Å². The van der Waals surface area contributed by atoms with E-state index in [2.05, 4.69) is 0 Å². The Bertz CT molecular complexity index is 676. The first kappa shape index (κ1) is 25.4. The van der Waals surface area contributed by atoms with Crippen LogP contribution in [0.3, 0.4) is 0 Å². The number of fused-ring (bicyclic) bond motifs is 1. The van der Waals surface area contributed by atoms with Crippen LogP contribution >= 0.6 is 0 Å². The van der Waals surface area contributed by atoms with E-state index < -0.39 is 0 Å². The van der Waals surface area contributed by atoms with Gasteiger partial charge in [0.05, 0.1) is 0 Å². The van der Waals surface area contributed by atoms with Gasteiger partial charge in [-0.1, -0.05) is 0 Å². The maximum absolute atomic E-state index is 13.3. The third-order valence-corrected chi connectivity index (χ3v) is 9.52. The van der Waals surface area contributed by atoms with Gasteiger partial charge in [0, 0.05) is 0 Å². The average molecular weight is 548 g/mol. The van der Waals surface area contributed by atoms with Crippen LogP contribution in [0.15, 0.2) is 33.2 Å². The summed E-state index contributed by atoms with van der Waals surface area (Å²) in [7, 11) is 0. The van der Waals surface area contributed by atoms with Crippen LogP contribution in [0.4, 0.5) is 0 Å². The van der Waals surface area contributed by atoms with Gasteiger partial charge in [0.25, 0.3) is 0 Å². The van der Waals surface area contributed by atoms with Crippen LogP contribution in [0.5, 0.6) is 0 Å². The summed E-state index contributed by atoms with van der Waals surface area (Å²) >= 11 is -0.474. The molecule has 1 aromatic rings. The molecule has 0 amide bonds. The first-order chi connectivity index (χ1) is 14.6. The number of carbonyl (C=O) groups is 2. The van der Waals surface area contributed by atoms with Crippen molar-refractivity contribution in [2.75, 3.05) is 26.4 Å². The van der Waals surface area contributed by atoms with Gasteiger partial charge >= 0.3 is 192 Å². The number of benzene rings is 1. The number of ether oxygens (including phenoxy) is 4. The van der Waals surface area contributed by atoms with E-state index in [0.717, 1.165) is 0 Å². The summed E-state index contributed by atoms with van der Waals surface area (Å²) in [6, 6.07) is 7.07. The third kappa shape index (κ3) is 6.84. The molecule has 1 aromatic carbocycles. The van der Waals surface area contributed by atoms with Gasteiger partial charge < -0.3 is 0 Å². The van der Waals surface area contributed by atoms with Gasteiger partial charge in [0.15, 0.2) is 0 Å². The molecular formula is C22H30O6Se2. The summed E-state index contributed by atoms with van der Waals surface area (Å²) in [6.07, 6.45) is -0.721. The zero-order valence-corrected chi connectivity index (χ0v) is 21.4. The molecule has 0 saturated carbocycles. The van der Waals surface area contributed by atoms with Gasteiger partial charge in [-0.2, -0.15) is 0 Å². The van der Waals surface area contributed by atoms with E-state index in [-0.39, 0.29) is 54.1 Å². The second kappa shape index (κ2) is 13.6. The van der Waals surface area contributed by atoms with Crippen molar-refractivity contribution in [2.24, 2.45) is 0 Å². The molecule has 1 aliphatic carbocycles. The Labute approximate surface area is 191 Å². The maximum atomic E-state index is 13.3. The van der Waals surface area contributed by atoms with Crippen molar-refractivity contribution >= 4 is 41.5 Å². The quantitative estimate of drug-likeness (QED) is 0.263. The molecule has 0 unspecified atom stereocenters. The fourth-order valence-electron chi connectivity index (χ4n) is 2.93. The van der Waals surface area contributed by atoms with Crippen molar-refractivity contribution in [3.63, 3.8) is 0 Å². The number of Topliss-reactive ketones (excluding diaryl/α,β-unsaturated/α-hetero) is 2. The molecule has 2 rings (SSSR count). The van der Waals surface area contributed by atoms with Crippen molar-refractivity contribution in [1.29, 1.82) is 0 Å².